The quantitative estimate of drug-likeness (QED) is 0.468. The Morgan fingerprint density at radius 1 is 1.21 bits per heavy atom. The smallest absolute Gasteiger partial charge is 0.211 e. The van der Waals surface area contributed by atoms with Crippen LogP contribution in [0.3, 0.4) is 0 Å². The van der Waals surface area contributed by atoms with Gasteiger partial charge in [0, 0.05) is 35.8 Å². The molecule has 2 aromatic carbocycles. The summed E-state index contributed by atoms with van der Waals surface area (Å²) < 4.78 is 38.6. The van der Waals surface area contributed by atoms with Crippen molar-refractivity contribution in [2.45, 2.75) is 32.3 Å². The molecule has 1 aliphatic heterocycles. The van der Waals surface area contributed by atoms with Crippen LogP contribution >= 0.6 is 11.6 Å². The Morgan fingerprint density at radius 3 is 2.65 bits per heavy atom. The number of aromatic nitrogens is 1. The number of sulfonamides is 1. The highest BCUT2D eigenvalue weighted by Gasteiger charge is 2.55. The molecule has 0 bridgehead atoms. The van der Waals surface area contributed by atoms with Gasteiger partial charge in [0.05, 0.1) is 35.1 Å². The van der Waals surface area contributed by atoms with Gasteiger partial charge in [0.2, 0.25) is 10.0 Å². The molecule has 9 heteroatoms. The molecule has 0 atom stereocenters. The van der Waals surface area contributed by atoms with E-state index in [0.29, 0.717) is 36.0 Å². The Morgan fingerprint density at radius 2 is 1.97 bits per heavy atom. The predicted molar refractivity (Wildman–Crippen MR) is 131 cm³/mol. The SMILES string of the molecule is CCCOc1c(Cl)cc(-n2ccc3cc(OC4CC5(C4)CN(S(C)(=O)=O)C5)ccc32)cc1C#N. The summed E-state index contributed by atoms with van der Waals surface area (Å²) >= 11 is 6.45. The lowest BCUT2D eigenvalue weighted by molar-refractivity contribution is -0.0868. The van der Waals surface area contributed by atoms with Crippen molar-refractivity contribution in [3.63, 3.8) is 0 Å². The van der Waals surface area contributed by atoms with Gasteiger partial charge >= 0.3 is 0 Å². The number of ether oxygens (including phenoxy) is 2. The van der Waals surface area contributed by atoms with Gasteiger partial charge in [0.15, 0.2) is 5.75 Å². The number of hydrogen-bond acceptors (Lipinski definition) is 5. The molecule has 178 valence electrons. The van der Waals surface area contributed by atoms with E-state index in [2.05, 4.69) is 6.07 Å². The molecule has 1 spiro atoms. The second kappa shape index (κ2) is 8.49. The average Bonchev–Trinajstić information content (AvgIpc) is 3.15. The number of nitrogens with zero attached hydrogens (tertiary/aromatic N) is 3. The third-order valence-electron chi connectivity index (χ3n) is 6.66. The first-order valence-electron chi connectivity index (χ1n) is 11.3. The van der Waals surface area contributed by atoms with Crippen LogP contribution in [0.2, 0.25) is 5.02 Å². The molecule has 34 heavy (non-hydrogen) atoms. The number of benzene rings is 2. The first-order valence-corrected chi connectivity index (χ1v) is 13.5. The topological polar surface area (TPSA) is 84.6 Å². The first-order chi connectivity index (χ1) is 16.2. The molecule has 1 saturated heterocycles. The molecule has 1 saturated carbocycles. The maximum Gasteiger partial charge on any atom is 0.211 e. The van der Waals surface area contributed by atoms with Crippen molar-refractivity contribution in [1.29, 1.82) is 5.26 Å². The maximum atomic E-state index is 11.6. The van der Waals surface area contributed by atoms with Crippen molar-refractivity contribution in [2.75, 3.05) is 26.0 Å². The van der Waals surface area contributed by atoms with Gasteiger partial charge in [-0.05, 0) is 55.7 Å². The van der Waals surface area contributed by atoms with Crippen LogP contribution < -0.4 is 9.47 Å². The summed E-state index contributed by atoms with van der Waals surface area (Å²) in [7, 11) is -3.09. The Balaban J connectivity index is 1.31. The molecular weight excluding hydrogens is 474 g/mol. The van der Waals surface area contributed by atoms with Crippen LogP contribution in [0, 0.1) is 16.7 Å². The average molecular weight is 500 g/mol. The van der Waals surface area contributed by atoms with E-state index < -0.39 is 10.0 Å². The van der Waals surface area contributed by atoms with Crippen molar-refractivity contribution in [3.05, 3.63) is 53.2 Å². The standard InChI is InChI=1S/C25H26ClN3O4S/c1-3-8-32-24-18(14-27)9-19(11-22(24)26)29-7-6-17-10-20(4-5-23(17)29)33-21-12-25(13-21)15-28(16-25)34(2,30)31/h4-7,9-11,21H,3,8,12-13,15-16H2,1-2H3. The van der Waals surface area contributed by atoms with Crippen molar-refractivity contribution in [2.24, 2.45) is 5.41 Å². The molecule has 0 unspecified atom stereocenters. The minimum atomic E-state index is -3.09. The number of halogens is 1. The summed E-state index contributed by atoms with van der Waals surface area (Å²) in [6.07, 6.45) is 5.89. The van der Waals surface area contributed by atoms with Gasteiger partial charge in [-0.2, -0.15) is 5.26 Å². The van der Waals surface area contributed by atoms with E-state index >= 15 is 0 Å². The summed E-state index contributed by atoms with van der Waals surface area (Å²) in [5, 5.41) is 11.0. The van der Waals surface area contributed by atoms with Crippen LogP contribution in [0.15, 0.2) is 42.6 Å². The summed E-state index contributed by atoms with van der Waals surface area (Å²) in [5.74, 6) is 1.22. The fraction of sp³-hybridized carbons (Fsp3) is 0.400. The zero-order valence-electron chi connectivity index (χ0n) is 19.1. The fourth-order valence-electron chi connectivity index (χ4n) is 4.95. The second-order valence-corrected chi connectivity index (χ2v) is 11.7. The van der Waals surface area contributed by atoms with E-state index in [1.165, 1.54) is 10.6 Å². The van der Waals surface area contributed by atoms with E-state index in [-0.39, 0.29) is 11.5 Å². The summed E-state index contributed by atoms with van der Waals surface area (Å²) in [6, 6.07) is 13.7. The molecule has 0 radical (unpaired) electrons. The molecule has 0 N–H and O–H groups in total. The van der Waals surface area contributed by atoms with Crippen molar-refractivity contribution < 1.29 is 17.9 Å². The highest BCUT2D eigenvalue weighted by molar-refractivity contribution is 7.88. The largest absolute Gasteiger partial charge is 0.491 e. The lowest BCUT2D eigenvalue weighted by Crippen LogP contribution is -2.65. The lowest BCUT2D eigenvalue weighted by Gasteiger charge is -2.57. The highest BCUT2D eigenvalue weighted by Crippen LogP contribution is 2.50. The molecule has 7 nitrogen and oxygen atoms in total. The Kier molecular flexibility index (Phi) is 5.75. The number of hydrogen-bond donors (Lipinski definition) is 0. The fourth-order valence-corrected chi connectivity index (χ4v) is 6.23. The molecule has 2 heterocycles. The predicted octanol–water partition coefficient (Wildman–Crippen LogP) is 4.75. The number of nitriles is 1. The van der Waals surface area contributed by atoms with E-state index in [9.17, 15) is 13.7 Å². The Hall–Kier alpha value is -2.73. The van der Waals surface area contributed by atoms with Crippen molar-refractivity contribution in [1.82, 2.24) is 8.87 Å². The van der Waals surface area contributed by atoms with Gasteiger partial charge in [0.25, 0.3) is 0 Å². The van der Waals surface area contributed by atoms with Gasteiger partial charge in [-0.1, -0.05) is 18.5 Å². The maximum absolute atomic E-state index is 11.6. The van der Waals surface area contributed by atoms with Crippen LogP contribution in [0.25, 0.3) is 16.6 Å². The number of fused-ring (bicyclic) bond motifs is 1. The zero-order valence-corrected chi connectivity index (χ0v) is 20.7. The monoisotopic (exact) mass is 499 g/mol. The van der Waals surface area contributed by atoms with E-state index in [0.717, 1.165) is 41.6 Å². The van der Waals surface area contributed by atoms with Crippen LogP contribution in [0.4, 0.5) is 0 Å². The third-order valence-corrected chi connectivity index (χ3v) is 8.13. The normalized spacial score (nSPS) is 17.8. The van der Waals surface area contributed by atoms with Crippen LogP contribution in [-0.4, -0.2) is 49.3 Å². The van der Waals surface area contributed by atoms with Gasteiger partial charge in [0.1, 0.15) is 11.8 Å². The molecule has 2 fully saturated rings. The minimum absolute atomic E-state index is 0.0892. The molecule has 0 amide bonds. The molecule has 5 rings (SSSR count). The van der Waals surface area contributed by atoms with E-state index in [1.54, 1.807) is 6.07 Å². The molecule has 1 aromatic heterocycles. The molecular formula is C25H26ClN3O4S. The third kappa shape index (κ3) is 4.13. The van der Waals surface area contributed by atoms with Gasteiger partial charge in [-0.25, -0.2) is 12.7 Å². The van der Waals surface area contributed by atoms with Gasteiger partial charge in [-0.3, -0.25) is 0 Å². The summed E-state index contributed by atoms with van der Waals surface area (Å²) in [5.41, 5.74) is 2.26. The second-order valence-electron chi connectivity index (χ2n) is 9.35. The van der Waals surface area contributed by atoms with Crippen molar-refractivity contribution in [3.8, 4) is 23.3 Å². The minimum Gasteiger partial charge on any atom is -0.491 e. The van der Waals surface area contributed by atoms with E-state index in [1.807, 2.05) is 48.0 Å². The number of rotatable bonds is 7. The molecule has 1 aliphatic carbocycles. The van der Waals surface area contributed by atoms with E-state index in [4.69, 9.17) is 21.1 Å². The Bertz CT molecular complexity index is 1400. The van der Waals surface area contributed by atoms with Crippen LogP contribution in [-0.2, 0) is 10.0 Å². The first kappa shape index (κ1) is 23.0. The summed E-state index contributed by atoms with van der Waals surface area (Å²) in [4.78, 5) is 0. The summed E-state index contributed by atoms with van der Waals surface area (Å²) in [6.45, 7) is 3.70. The van der Waals surface area contributed by atoms with Gasteiger partial charge in [-0.15, -0.1) is 0 Å². The Labute approximate surface area is 204 Å². The lowest BCUT2D eigenvalue weighted by atomic mass is 9.63. The highest BCUT2D eigenvalue weighted by atomic mass is 35.5. The molecule has 2 aliphatic rings. The van der Waals surface area contributed by atoms with Crippen LogP contribution in [0.1, 0.15) is 31.7 Å². The van der Waals surface area contributed by atoms with Gasteiger partial charge < -0.3 is 14.0 Å². The zero-order chi connectivity index (χ0) is 24.1. The molecule has 3 aromatic rings. The van der Waals surface area contributed by atoms with Crippen molar-refractivity contribution >= 4 is 32.5 Å². The van der Waals surface area contributed by atoms with Crippen LogP contribution in [0.5, 0.6) is 11.5 Å².